The molecule has 0 aromatic heterocycles. The third-order valence-corrected chi connectivity index (χ3v) is 5.71. The first-order chi connectivity index (χ1) is 6.50. The third kappa shape index (κ3) is 1.97. The Morgan fingerprint density at radius 3 is 1.79 bits per heavy atom. The van der Waals surface area contributed by atoms with Gasteiger partial charge in [-0.05, 0) is 61.6 Å². The molecule has 0 aliphatic rings. The minimum absolute atomic E-state index is 0.592. The van der Waals surface area contributed by atoms with Crippen LogP contribution in [-0.4, -0.2) is 0 Å². The van der Waals surface area contributed by atoms with Gasteiger partial charge in [0.1, 0.15) is 5.75 Å². The molecule has 0 bridgehead atoms. The molecule has 0 aliphatic heterocycles. The summed E-state index contributed by atoms with van der Waals surface area (Å²) in [6.07, 6.45) is 1.68. The molecule has 0 saturated carbocycles. The minimum atomic E-state index is 0.592. The van der Waals surface area contributed by atoms with Crippen molar-refractivity contribution in [3.05, 3.63) is 24.5 Å². The van der Waals surface area contributed by atoms with Crippen LogP contribution in [0.5, 0.6) is 5.75 Å². The van der Waals surface area contributed by atoms with Gasteiger partial charge in [0.2, 0.25) is 0 Å². The van der Waals surface area contributed by atoms with Crippen molar-refractivity contribution in [1.29, 1.82) is 5.26 Å². The van der Waals surface area contributed by atoms with E-state index in [-0.39, 0.29) is 0 Å². The van der Waals surface area contributed by atoms with E-state index in [1.165, 1.54) is 0 Å². The number of benzene rings is 1. The summed E-state index contributed by atoms with van der Waals surface area (Å²) < 4.78 is 7.62. The number of hydrogen-bond acceptors (Lipinski definition) is 2. The van der Waals surface area contributed by atoms with Crippen LogP contribution in [0.3, 0.4) is 0 Å². The molecule has 1 aromatic carbocycles. The van der Waals surface area contributed by atoms with Gasteiger partial charge in [0.05, 0.1) is 0 Å². The molecule has 74 valence electrons. The third-order valence-electron chi connectivity index (χ3n) is 1.87. The summed E-state index contributed by atoms with van der Waals surface area (Å²) in [6.45, 7) is 3.78. The first-order valence-corrected chi connectivity index (χ1v) is 6.08. The molecule has 0 atom stereocenters. The standard InChI is InChI=1S/C9H6Br3NO/c1-4-6(10)8(12)7(11)5(2)9(4)14-3-13/h1-2H3. The van der Waals surface area contributed by atoms with Crippen LogP contribution in [-0.2, 0) is 0 Å². The molecule has 0 spiro atoms. The highest BCUT2D eigenvalue weighted by Gasteiger charge is 2.16. The van der Waals surface area contributed by atoms with Gasteiger partial charge in [-0.2, -0.15) is 0 Å². The second-order valence-corrected chi connectivity index (χ2v) is 5.09. The van der Waals surface area contributed by atoms with E-state index in [0.717, 1.165) is 24.5 Å². The van der Waals surface area contributed by atoms with Crippen LogP contribution in [0.15, 0.2) is 13.4 Å². The Morgan fingerprint density at radius 1 is 1.00 bits per heavy atom. The first kappa shape index (κ1) is 12.0. The van der Waals surface area contributed by atoms with Gasteiger partial charge in [-0.15, -0.1) is 5.26 Å². The topological polar surface area (TPSA) is 33.0 Å². The number of nitrogens with zero attached hydrogens (tertiary/aromatic N) is 1. The molecule has 1 rings (SSSR count). The largest absolute Gasteiger partial charge is 0.387 e. The van der Waals surface area contributed by atoms with Crippen molar-refractivity contribution in [2.45, 2.75) is 13.8 Å². The molecule has 0 amide bonds. The van der Waals surface area contributed by atoms with Crippen molar-refractivity contribution in [3.63, 3.8) is 0 Å². The lowest BCUT2D eigenvalue weighted by molar-refractivity contribution is 0.498. The van der Waals surface area contributed by atoms with Gasteiger partial charge in [-0.25, -0.2) is 0 Å². The van der Waals surface area contributed by atoms with Gasteiger partial charge in [0.15, 0.2) is 0 Å². The van der Waals surface area contributed by atoms with Crippen molar-refractivity contribution in [3.8, 4) is 12.0 Å². The minimum Gasteiger partial charge on any atom is -0.387 e. The molecule has 0 unspecified atom stereocenters. The van der Waals surface area contributed by atoms with Crippen LogP contribution < -0.4 is 4.74 Å². The molecule has 0 heterocycles. The van der Waals surface area contributed by atoms with Gasteiger partial charge in [-0.3, -0.25) is 0 Å². The van der Waals surface area contributed by atoms with Gasteiger partial charge >= 0.3 is 0 Å². The highest BCUT2D eigenvalue weighted by molar-refractivity contribution is 9.14. The smallest absolute Gasteiger partial charge is 0.292 e. The van der Waals surface area contributed by atoms with Gasteiger partial charge in [0.25, 0.3) is 6.26 Å². The Morgan fingerprint density at radius 2 is 1.43 bits per heavy atom. The molecule has 2 nitrogen and oxygen atoms in total. The van der Waals surface area contributed by atoms with Crippen LogP contribution in [0.2, 0.25) is 0 Å². The van der Waals surface area contributed by atoms with Crippen molar-refractivity contribution in [2.75, 3.05) is 0 Å². The molecule has 1 aromatic rings. The Hall–Kier alpha value is -0.0500. The monoisotopic (exact) mass is 381 g/mol. The summed E-state index contributed by atoms with van der Waals surface area (Å²) in [5.74, 6) is 0.592. The number of nitriles is 1. The predicted molar refractivity (Wildman–Crippen MR) is 65.3 cm³/mol. The number of hydrogen-bond donors (Lipinski definition) is 0. The van der Waals surface area contributed by atoms with Gasteiger partial charge in [0, 0.05) is 24.5 Å². The summed E-state index contributed by atoms with van der Waals surface area (Å²) in [5, 5.41) is 8.51. The maximum atomic E-state index is 8.51. The summed E-state index contributed by atoms with van der Waals surface area (Å²) in [5.41, 5.74) is 1.80. The Kier molecular flexibility index (Phi) is 3.99. The van der Waals surface area contributed by atoms with E-state index in [2.05, 4.69) is 47.8 Å². The van der Waals surface area contributed by atoms with Crippen molar-refractivity contribution >= 4 is 47.8 Å². The maximum absolute atomic E-state index is 8.51. The zero-order valence-electron chi connectivity index (χ0n) is 7.49. The lowest BCUT2D eigenvalue weighted by Gasteiger charge is -2.12. The molecular formula is C9H6Br3NO. The van der Waals surface area contributed by atoms with E-state index in [0.29, 0.717) is 5.75 Å². The van der Waals surface area contributed by atoms with Crippen LogP contribution in [0.1, 0.15) is 11.1 Å². The van der Waals surface area contributed by atoms with Gasteiger partial charge in [-0.1, -0.05) is 0 Å². The molecule has 0 aliphatic carbocycles. The van der Waals surface area contributed by atoms with Crippen LogP contribution >= 0.6 is 47.8 Å². The lowest BCUT2D eigenvalue weighted by atomic mass is 10.1. The molecule has 5 heteroatoms. The second-order valence-electron chi connectivity index (χ2n) is 2.71. The summed E-state index contributed by atoms with van der Waals surface area (Å²) in [7, 11) is 0. The molecule has 0 radical (unpaired) electrons. The fraction of sp³-hybridized carbons (Fsp3) is 0.222. The molecule has 0 saturated heterocycles. The number of ether oxygens (including phenoxy) is 1. The SMILES string of the molecule is Cc1c(Br)c(Br)c(Br)c(C)c1OC#N. The van der Waals surface area contributed by atoms with Crippen LogP contribution in [0.25, 0.3) is 0 Å². The fourth-order valence-electron chi connectivity index (χ4n) is 1.10. The zero-order chi connectivity index (χ0) is 10.9. The lowest BCUT2D eigenvalue weighted by Crippen LogP contribution is -1.94. The molecule has 14 heavy (non-hydrogen) atoms. The maximum Gasteiger partial charge on any atom is 0.292 e. The van der Waals surface area contributed by atoms with E-state index in [1.54, 1.807) is 6.26 Å². The van der Waals surface area contributed by atoms with Crippen molar-refractivity contribution < 1.29 is 4.74 Å². The average Bonchev–Trinajstić information content (AvgIpc) is 2.19. The van der Waals surface area contributed by atoms with E-state index >= 15 is 0 Å². The second kappa shape index (κ2) is 4.65. The predicted octanol–water partition coefficient (Wildman–Crippen LogP) is 4.45. The Bertz CT molecular complexity index is 394. The molecular weight excluding hydrogens is 378 g/mol. The fourth-order valence-corrected chi connectivity index (χ4v) is 2.72. The van der Waals surface area contributed by atoms with Crippen molar-refractivity contribution in [2.24, 2.45) is 0 Å². The molecule has 0 fully saturated rings. The summed E-state index contributed by atoms with van der Waals surface area (Å²) >= 11 is 10.3. The van der Waals surface area contributed by atoms with Crippen LogP contribution in [0, 0.1) is 25.4 Å². The van der Waals surface area contributed by atoms with E-state index in [4.69, 9.17) is 10.00 Å². The zero-order valence-corrected chi connectivity index (χ0v) is 12.2. The molecule has 0 N–H and O–H groups in total. The average molecular weight is 384 g/mol. The van der Waals surface area contributed by atoms with E-state index < -0.39 is 0 Å². The normalized spacial score (nSPS) is 9.71. The Labute approximate surface area is 108 Å². The Balaban J connectivity index is 3.53. The van der Waals surface area contributed by atoms with E-state index in [9.17, 15) is 0 Å². The van der Waals surface area contributed by atoms with Gasteiger partial charge < -0.3 is 4.74 Å². The van der Waals surface area contributed by atoms with Crippen molar-refractivity contribution in [1.82, 2.24) is 0 Å². The summed E-state index contributed by atoms with van der Waals surface area (Å²) in [4.78, 5) is 0. The first-order valence-electron chi connectivity index (χ1n) is 3.70. The van der Waals surface area contributed by atoms with Crippen LogP contribution in [0.4, 0.5) is 0 Å². The quantitative estimate of drug-likeness (QED) is 0.530. The number of rotatable bonds is 1. The highest BCUT2D eigenvalue weighted by Crippen LogP contribution is 2.42. The van der Waals surface area contributed by atoms with E-state index in [1.807, 2.05) is 13.8 Å². The highest BCUT2D eigenvalue weighted by atomic mass is 79.9. The summed E-state index contributed by atoms with van der Waals surface area (Å²) in [6, 6.07) is 0. The number of halogens is 3.